The van der Waals surface area contributed by atoms with Gasteiger partial charge in [0.15, 0.2) is 0 Å². The van der Waals surface area contributed by atoms with Gasteiger partial charge in [0, 0.05) is 38.8 Å². The van der Waals surface area contributed by atoms with Crippen molar-refractivity contribution in [3.8, 4) is 0 Å². The van der Waals surface area contributed by atoms with Crippen LogP contribution in [-0.4, -0.2) is 49.8 Å². The van der Waals surface area contributed by atoms with Gasteiger partial charge in [-0.05, 0) is 32.6 Å². The van der Waals surface area contributed by atoms with Gasteiger partial charge >= 0.3 is 0 Å². The highest BCUT2D eigenvalue weighted by atomic mass is 16.5. The number of hydrogen-bond acceptors (Lipinski definition) is 3. The van der Waals surface area contributed by atoms with Gasteiger partial charge in [0.2, 0.25) is 0 Å². The van der Waals surface area contributed by atoms with Crippen LogP contribution in [-0.2, 0) is 4.74 Å². The van der Waals surface area contributed by atoms with Crippen LogP contribution in [0.2, 0.25) is 0 Å². The predicted molar refractivity (Wildman–Crippen MR) is 73.4 cm³/mol. The minimum Gasteiger partial charge on any atom is -0.381 e. The van der Waals surface area contributed by atoms with Gasteiger partial charge in [0.25, 0.3) is 0 Å². The molecule has 0 aromatic rings. The van der Waals surface area contributed by atoms with Crippen molar-refractivity contribution in [3.05, 3.63) is 0 Å². The summed E-state index contributed by atoms with van der Waals surface area (Å²) in [6.07, 6.45) is 5.33. The highest BCUT2D eigenvalue weighted by molar-refractivity contribution is 4.78. The first-order valence-corrected chi connectivity index (χ1v) is 7.21. The summed E-state index contributed by atoms with van der Waals surface area (Å²) in [6.45, 7) is 10.3. The van der Waals surface area contributed by atoms with E-state index in [0.717, 1.165) is 6.54 Å². The summed E-state index contributed by atoms with van der Waals surface area (Å²) in [5.41, 5.74) is 0. The molecule has 1 fully saturated rings. The molecule has 0 aromatic heterocycles. The SMILES string of the molecule is CCC(CC)NCC(C)N1CCC(OC)CC1. The molecule has 0 saturated carbocycles. The molecule has 0 amide bonds. The zero-order valence-corrected chi connectivity index (χ0v) is 12.0. The Kier molecular flexibility index (Phi) is 7.09. The molecule has 1 heterocycles. The Hall–Kier alpha value is -0.120. The molecule has 1 rings (SSSR count). The molecule has 1 saturated heterocycles. The fourth-order valence-corrected chi connectivity index (χ4v) is 2.60. The van der Waals surface area contributed by atoms with E-state index in [9.17, 15) is 0 Å². The molecule has 3 heteroatoms. The Balaban J connectivity index is 2.22. The van der Waals surface area contributed by atoms with Crippen molar-refractivity contribution >= 4 is 0 Å². The van der Waals surface area contributed by atoms with E-state index in [1.165, 1.54) is 38.8 Å². The van der Waals surface area contributed by atoms with Crippen LogP contribution in [0.3, 0.4) is 0 Å². The number of nitrogens with one attached hydrogen (secondary N) is 1. The highest BCUT2D eigenvalue weighted by Gasteiger charge is 2.22. The van der Waals surface area contributed by atoms with Crippen LogP contribution in [0.25, 0.3) is 0 Å². The molecule has 3 nitrogen and oxygen atoms in total. The summed E-state index contributed by atoms with van der Waals surface area (Å²) < 4.78 is 5.41. The molecule has 1 aliphatic rings. The van der Waals surface area contributed by atoms with Crippen LogP contribution in [0.15, 0.2) is 0 Å². The molecule has 102 valence electrons. The quantitative estimate of drug-likeness (QED) is 0.741. The molecular weight excluding hydrogens is 212 g/mol. The molecule has 17 heavy (non-hydrogen) atoms. The molecule has 1 aliphatic heterocycles. The van der Waals surface area contributed by atoms with Crippen LogP contribution in [0.1, 0.15) is 46.5 Å². The minimum absolute atomic E-state index is 0.491. The first kappa shape index (κ1) is 14.9. The van der Waals surface area contributed by atoms with Gasteiger partial charge in [0.05, 0.1) is 6.10 Å². The van der Waals surface area contributed by atoms with Gasteiger partial charge in [-0.1, -0.05) is 13.8 Å². The van der Waals surface area contributed by atoms with Crippen molar-refractivity contribution in [1.29, 1.82) is 0 Å². The van der Waals surface area contributed by atoms with Gasteiger partial charge in [0.1, 0.15) is 0 Å². The molecule has 0 aromatic carbocycles. The standard InChI is InChI=1S/C14H30N2O/c1-5-13(6-2)15-11-12(3)16-9-7-14(17-4)8-10-16/h12-15H,5-11H2,1-4H3. The second-order valence-corrected chi connectivity index (χ2v) is 5.24. The molecular formula is C14H30N2O. The second-order valence-electron chi connectivity index (χ2n) is 5.24. The molecule has 0 bridgehead atoms. The smallest absolute Gasteiger partial charge is 0.0595 e. The van der Waals surface area contributed by atoms with Crippen molar-refractivity contribution in [1.82, 2.24) is 10.2 Å². The summed E-state index contributed by atoms with van der Waals surface area (Å²) >= 11 is 0. The van der Waals surface area contributed by atoms with Gasteiger partial charge in [-0.3, -0.25) is 4.90 Å². The van der Waals surface area contributed by atoms with Crippen LogP contribution < -0.4 is 5.32 Å². The lowest BCUT2D eigenvalue weighted by Crippen LogP contribution is -2.47. The summed E-state index contributed by atoms with van der Waals surface area (Å²) in [5.74, 6) is 0. The van der Waals surface area contributed by atoms with Crippen molar-refractivity contribution in [2.75, 3.05) is 26.7 Å². The van der Waals surface area contributed by atoms with E-state index in [0.29, 0.717) is 18.2 Å². The average Bonchev–Trinajstić information content (AvgIpc) is 2.39. The van der Waals surface area contributed by atoms with Crippen LogP contribution in [0, 0.1) is 0 Å². The van der Waals surface area contributed by atoms with E-state index in [4.69, 9.17) is 4.74 Å². The lowest BCUT2D eigenvalue weighted by molar-refractivity contribution is 0.0294. The Labute approximate surface area is 107 Å². The largest absolute Gasteiger partial charge is 0.381 e. The van der Waals surface area contributed by atoms with Crippen LogP contribution in [0.4, 0.5) is 0 Å². The van der Waals surface area contributed by atoms with E-state index in [1.54, 1.807) is 0 Å². The maximum Gasteiger partial charge on any atom is 0.0595 e. The molecule has 1 unspecified atom stereocenters. The van der Waals surface area contributed by atoms with Gasteiger partial charge in [-0.25, -0.2) is 0 Å². The third kappa shape index (κ3) is 4.94. The fraction of sp³-hybridized carbons (Fsp3) is 1.00. The van der Waals surface area contributed by atoms with E-state index in [2.05, 4.69) is 31.0 Å². The Morgan fingerprint density at radius 2 is 1.82 bits per heavy atom. The summed E-state index contributed by atoms with van der Waals surface area (Å²) in [4.78, 5) is 2.59. The number of methoxy groups -OCH3 is 1. The first-order valence-electron chi connectivity index (χ1n) is 7.21. The summed E-state index contributed by atoms with van der Waals surface area (Å²) in [7, 11) is 1.83. The highest BCUT2D eigenvalue weighted by Crippen LogP contribution is 2.15. The lowest BCUT2D eigenvalue weighted by Gasteiger charge is -2.36. The maximum absolute atomic E-state index is 5.41. The van der Waals surface area contributed by atoms with Crippen molar-refractivity contribution in [2.24, 2.45) is 0 Å². The van der Waals surface area contributed by atoms with E-state index < -0.39 is 0 Å². The number of rotatable bonds is 7. The average molecular weight is 242 g/mol. The normalized spacial score (nSPS) is 21.0. The third-order valence-corrected chi connectivity index (χ3v) is 4.12. The van der Waals surface area contributed by atoms with E-state index >= 15 is 0 Å². The summed E-state index contributed by atoms with van der Waals surface area (Å²) in [6, 6.07) is 1.34. The zero-order chi connectivity index (χ0) is 12.7. The van der Waals surface area contributed by atoms with Crippen LogP contribution >= 0.6 is 0 Å². The molecule has 1 atom stereocenters. The Morgan fingerprint density at radius 1 is 1.24 bits per heavy atom. The molecule has 1 N–H and O–H groups in total. The number of piperidine rings is 1. The Bertz CT molecular complexity index is 187. The third-order valence-electron chi connectivity index (χ3n) is 4.12. The zero-order valence-electron chi connectivity index (χ0n) is 12.0. The number of likely N-dealkylation sites (tertiary alicyclic amines) is 1. The maximum atomic E-state index is 5.41. The van der Waals surface area contributed by atoms with E-state index in [1.807, 2.05) is 7.11 Å². The van der Waals surface area contributed by atoms with Crippen LogP contribution in [0.5, 0.6) is 0 Å². The van der Waals surface area contributed by atoms with Crippen molar-refractivity contribution in [3.63, 3.8) is 0 Å². The van der Waals surface area contributed by atoms with Gasteiger partial charge in [-0.2, -0.15) is 0 Å². The molecule has 0 aliphatic carbocycles. The Morgan fingerprint density at radius 3 is 2.29 bits per heavy atom. The minimum atomic E-state index is 0.491. The summed E-state index contributed by atoms with van der Waals surface area (Å²) in [5, 5.41) is 3.67. The fourth-order valence-electron chi connectivity index (χ4n) is 2.60. The number of ether oxygens (including phenoxy) is 1. The predicted octanol–water partition coefficient (Wildman–Crippen LogP) is 2.26. The van der Waals surface area contributed by atoms with Crippen molar-refractivity contribution in [2.45, 2.75) is 64.6 Å². The topological polar surface area (TPSA) is 24.5 Å². The molecule has 0 spiro atoms. The van der Waals surface area contributed by atoms with E-state index in [-0.39, 0.29) is 0 Å². The lowest BCUT2D eigenvalue weighted by atomic mass is 10.1. The van der Waals surface area contributed by atoms with Gasteiger partial charge < -0.3 is 10.1 Å². The number of hydrogen-bond donors (Lipinski definition) is 1. The first-order chi connectivity index (χ1) is 8.21. The van der Waals surface area contributed by atoms with Crippen molar-refractivity contribution < 1.29 is 4.74 Å². The monoisotopic (exact) mass is 242 g/mol. The second kappa shape index (κ2) is 8.06. The van der Waals surface area contributed by atoms with Gasteiger partial charge in [-0.15, -0.1) is 0 Å². The number of nitrogens with zero attached hydrogens (tertiary/aromatic N) is 1. The molecule has 0 radical (unpaired) electrons.